The first-order valence-corrected chi connectivity index (χ1v) is 11.9. The van der Waals surface area contributed by atoms with Crippen LogP contribution in [0, 0.1) is 5.92 Å². The van der Waals surface area contributed by atoms with Gasteiger partial charge in [0.15, 0.2) is 5.78 Å². The number of aryl methyl sites for hydroxylation is 3. The van der Waals surface area contributed by atoms with Gasteiger partial charge >= 0.3 is 5.69 Å². The number of rotatable bonds is 9. The number of nitrogens with zero attached hydrogens (tertiary/aromatic N) is 3. The number of imidazole rings is 1. The van der Waals surface area contributed by atoms with E-state index in [0.717, 1.165) is 79.5 Å². The molecule has 0 fully saturated rings. The normalized spacial score (nSPS) is 15.4. The molecule has 34 heavy (non-hydrogen) atoms. The van der Waals surface area contributed by atoms with Crippen molar-refractivity contribution >= 4 is 29.2 Å². The van der Waals surface area contributed by atoms with Crippen LogP contribution in [0.3, 0.4) is 0 Å². The van der Waals surface area contributed by atoms with Crippen LogP contribution in [-0.2, 0) is 26.9 Å². The Hall–Kier alpha value is -2.57. The molecule has 184 valence electrons. The van der Waals surface area contributed by atoms with Crippen molar-refractivity contribution in [2.75, 3.05) is 27.2 Å². The van der Waals surface area contributed by atoms with Crippen molar-refractivity contribution < 1.29 is 9.53 Å². The van der Waals surface area contributed by atoms with E-state index >= 15 is 0 Å². The maximum absolute atomic E-state index is 13.2. The first-order chi connectivity index (χ1) is 15.9. The lowest BCUT2D eigenvalue weighted by Crippen LogP contribution is -2.24. The van der Waals surface area contributed by atoms with Gasteiger partial charge in [-0.25, -0.2) is 4.79 Å². The molecule has 3 aromatic rings. The second kappa shape index (κ2) is 11.2. The lowest BCUT2D eigenvalue weighted by molar-refractivity contribution is 0.0892. The zero-order valence-corrected chi connectivity index (χ0v) is 21.5. The molecule has 4 rings (SSSR count). The standard InChI is InChI=1S/C27H35N3O3.ClH/c1-28(16-14-19-9-5-6-11-25(19)33-4)15-8-7-10-20-12-13-21-17-23-24(18-22(21)26(20)31)30(3)27(32)29(23)2;/h5-6,9,11,17-18,20H,7-8,10,12-16H2,1-4H3;1H. The fraction of sp³-hybridized carbons (Fsp3) is 0.481. The number of ketones is 1. The summed E-state index contributed by atoms with van der Waals surface area (Å²) in [6.07, 6.45) is 5.85. The van der Waals surface area contributed by atoms with Gasteiger partial charge < -0.3 is 9.64 Å². The summed E-state index contributed by atoms with van der Waals surface area (Å²) in [7, 11) is 7.44. The van der Waals surface area contributed by atoms with E-state index in [-0.39, 0.29) is 29.8 Å². The fourth-order valence-corrected chi connectivity index (χ4v) is 5.09. The third-order valence-electron chi connectivity index (χ3n) is 7.19. The first kappa shape index (κ1) is 26.0. The summed E-state index contributed by atoms with van der Waals surface area (Å²) in [6, 6.07) is 12.2. The molecule has 0 aliphatic heterocycles. The smallest absolute Gasteiger partial charge is 0.328 e. The van der Waals surface area contributed by atoms with Crippen molar-refractivity contribution in [3.8, 4) is 5.75 Å². The molecule has 0 saturated heterocycles. The quantitative estimate of drug-likeness (QED) is 0.421. The van der Waals surface area contributed by atoms with Gasteiger partial charge in [-0.3, -0.25) is 13.9 Å². The number of aromatic nitrogens is 2. The number of unbranched alkanes of at least 4 members (excludes halogenated alkanes) is 1. The predicted octanol–water partition coefficient (Wildman–Crippen LogP) is 4.40. The third-order valence-corrected chi connectivity index (χ3v) is 7.19. The van der Waals surface area contributed by atoms with Gasteiger partial charge in [0.05, 0.1) is 18.1 Å². The SMILES string of the molecule is COc1ccccc1CCN(C)CCCCC1CCc2cc3c(cc2C1=O)n(C)c(=O)n3C.Cl. The Bertz CT molecular complexity index is 1210. The molecule has 1 atom stereocenters. The first-order valence-electron chi connectivity index (χ1n) is 11.9. The van der Waals surface area contributed by atoms with Crippen LogP contribution in [0.4, 0.5) is 0 Å². The summed E-state index contributed by atoms with van der Waals surface area (Å²) >= 11 is 0. The number of hydrogen-bond donors (Lipinski definition) is 0. The molecule has 1 unspecified atom stereocenters. The molecule has 7 heteroatoms. The molecular weight excluding hydrogens is 450 g/mol. The van der Waals surface area contributed by atoms with E-state index in [1.807, 2.05) is 24.3 Å². The summed E-state index contributed by atoms with van der Waals surface area (Å²) in [4.78, 5) is 27.8. The van der Waals surface area contributed by atoms with Crippen molar-refractivity contribution in [1.29, 1.82) is 0 Å². The Labute approximate surface area is 207 Å². The van der Waals surface area contributed by atoms with Gasteiger partial charge in [-0.1, -0.05) is 24.6 Å². The molecule has 6 nitrogen and oxygen atoms in total. The van der Waals surface area contributed by atoms with Gasteiger partial charge in [-0.05, 0) is 75.0 Å². The molecule has 0 N–H and O–H groups in total. The summed E-state index contributed by atoms with van der Waals surface area (Å²) in [5.74, 6) is 1.29. The van der Waals surface area contributed by atoms with Crippen molar-refractivity contribution in [2.24, 2.45) is 20.0 Å². The van der Waals surface area contributed by atoms with Crippen molar-refractivity contribution in [3.63, 3.8) is 0 Å². The number of benzene rings is 2. The molecular formula is C27H36ClN3O3. The van der Waals surface area contributed by atoms with Crippen LogP contribution in [0.5, 0.6) is 5.75 Å². The Morgan fingerprint density at radius 2 is 1.74 bits per heavy atom. The minimum atomic E-state index is -0.0498. The largest absolute Gasteiger partial charge is 0.496 e. The second-order valence-corrected chi connectivity index (χ2v) is 9.36. The van der Waals surface area contributed by atoms with E-state index in [2.05, 4.69) is 24.1 Å². The summed E-state index contributed by atoms with van der Waals surface area (Å²) < 4.78 is 8.74. The molecule has 1 aliphatic carbocycles. The van der Waals surface area contributed by atoms with E-state index in [1.54, 1.807) is 30.3 Å². The molecule has 0 amide bonds. The highest BCUT2D eigenvalue weighted by Crippen LogP contribution is 2.31. The summed E-state index contributed by atoms with van der Waals surface area (Å²) in [6.45, 7) is 2.02. The Kier molecular flexibility index (Phi) is 8.61. The van der Waals surface area contributed by atoms with Gasteiger partial charge in [-0.15, -0.1) is 12.4 Å². The predicted molar refractivity (Wildman–Crippen MR) is 140 cm³/mol. The van der Waals surface area contributed by atoms with E-state index in [4.69, 9.17) is 4.74 Å². The Morgan fingerprint density at radius 3 is 2.47 bits per heavy atom. The summed E-state index contributed by atoms with van der Waals surface area (Å²) in [5.41, 5.74) is 4.83. The van der Waals surface area contributed by atoms with Crippen LogP contribution in [0.25, 0.3) is 11.0 Å². The number of para-hydroxylation sites is 1. The van der Waals surface area contributed by atoms with Crippen LogP contribution in [0.15, 0.2) is 41.2 Å². The molecule has 0 radical (unpaired) electrons. The zero-order chi connectivity index (χ0) is 23.5. The number of fused-ring (bicyclic) bond motifs is 2. The van der Waals surface area contributed by atoms with Crippen molar-refractivity contribution in [1.82, 2.24) is 14.0 Å². The minimum absolute atomic E-state index is 0. The maximum atomic E-state index is 13.2. The average Bonchev–Trinajstić information content (AvgIpc) is 3.04. The summed E-state index contributed by atoms with van der Waals surface area (Å²) in [5, 5.41) is 0. The third kappa shape index (κ3) is 5.23. The number of methoxy groups -OCH3 is 1. The van der Waals surface area contributed by atoms with Crippen LogP contribution < -0.4 is 10.4 Å². The van der Waals surface area contributed by atoms with Gasteiger partial charge in [0, 0.05) is 32.1 Å². The van der Waals surface area contributed by atoms with E-state index < -0.39 is 0 Å². The average molecular weight is 486 g/mol. The molecule has 1 heterocycles. The molecule has 0 saturated carbocycles. The topological polar surface area (TPSA) is 56.5 Å². The Morgan fingerprint density at radius 1 is 1.03 bits per heavy atom. The molecule has 2 aromatic carbocycles. The number of hydrogen-bond acceptors (Lipinski definition) is 4. The lowest BCUT2D eigenvalue weighted by Gasteiger charge is -2.24. The van der Waals surface area contributed by atoms with Crippen molar-refractivity contribution in [3.05, 3.63) is 63.6 Å². The zero-order valence-electron chi connectivity index (χ0n) is 20.7. The number of carbonyl (C=O) groups is 1. The van der Waals surface area contributed by atoms with Gasteiger partial charge in [0.2, 0.25) is 0 Å². The fourth-order valence-electron chi connectivity index (χ4n) is 5.09. The minimum Gasteiger partial charge on any atom is -0.496 e. The van der Waals surface area contributed by atoms with Crippen molar-refractivity contribution in [2.45, 2.75) is 38.5 Å². The van der Waals surface area contributed by atoms with Gasteiger partial charge in [0.25, 0.3) is 0 Å². The van der Waals surface area contributed by atoms with Gasteiger partial charge in [-0.2, -0.15) is 0 Å². The van der Waals surface area contributed by atoms with E-state index in [0.29, 0.717) is 0 Å². The molecule has 0 bridgehead atoms. The number of ether oxygens (including phenoxy) is 1. The van der Waals surface area contributed by atoms with Crippen LogP contribution >= 0.6 is 12.4 Å². The van der Waals surface area contributed by atoms with E-state index in [1.165, 1.54) is 5.56 Å². The van der Waals surface area contributed by atoms with Crippen LogP contribution in [-0.4, -0.2) is 47.1 Å². The van der Waals surface area contributed by atoms with Gasteiger partial charge in [0.1, 0.15) is 5.75 Å². The highest BCUT2D eigenvalue weighted by Gasteiger charge is 2.28. The Balaban J connectivity index is 0.00000324. The maximum Gasteiger partial charge on any atom is 0.328 e. The second-order valence-electron chi connectivity index (χ2n) is 9.36. The number of carbonyl (C=O) groups excluding carboxylic acids is 1. The number of likely N-dealkylation sites (N-methyl/N-ethyl adjacent to an activating group) is 1. The highest BCUT2D eigenvalue weighted by molar-refractivity contribution is 6.03. The number of Topliss-reactive ketones (excluding diaryl/α,β-unsaturated/α-hetero) is 1. The highest BCUT2D eigenvalue weighted by atomic mass is 35.5. The lowest BCUT2D eigenvalue weighted by atomic mass is 9.80. The van der Waals surface area contributed by atoms with Crippen LogP contribution in [0.2, 0.25) is 0 Å². The molecule has 1 aromatic heterocycles. The van der Waals surface area contributed by atoms with E-state index in [9.17, 15) is 9.59 Å². The van der Waals surface area contributed by atoms with Crippen LogP contribution in [0.1, 0.15) is 47.2 Å². The molecule has 1 aliphatic rings. The number of halogens is 1. The monoisotopic (exact) mass is 485 g/mol. The molecule has 0 spiro atoms.